The highest BCUT2D eigenvalue weighted by Crippen LogP contribution is 2.30. The third-order valence-corrected chi connectivity index (χ3v) is 6.41. The summed E-state index contributed by atoms with van der Waals surface area (Å²) in [6.07, 6.45) is 2.55. The highest BCUT2D eigenvalue weighted by atomic mass is 35.5. The van der Waals surface area contributed by atoms with E-state index in [4.69, 9.17) is 25.8 Å². The molecule has 1 saturated heterocycles. The lowest BCUT2D eigenvalue weighted by Gasteiger charge is -2.37. The van der Waals surface area contributed by atoms with Gasteiger partial charge in [-0.15, -0.1) is 11.8 Å². The molecule has 1 amide bonds. The lowest BCUT2D eigenvalue weighted by Crippen LogP contribution is -2.48. The summed E-state index contributed by atoms with van der Waals surface area (Å²) in [4.78, 5) is 27.8. The molecule has 0 radical (unpaired) electrons. The van der Waals surface area contributed by atoms with Gasteiger partial charge in [-0.3, -0.25) is 4.79 Å². The molecule has 184 valence electrons. The Bertz CT molecular complexity index is 852. The van der Waals surface area contributed by atoms with Gasteiger partial charge in [0, 0.05) is 50.4 Å². The lowest BCUT2D eigenvalue weighted by atomic mass is 10.00. The second-order valence-corrected chi connectivity index (χ2v) is 10.1. The van der Waals surface area contributed by atoms with Crippen molar-refractivity contribution in [1.82, 2.24) is 10.2 Å². The van der Waals surface area contributed by atoms with Gasteiger partial charge in [0.15, 0.2) is 0 Å². The molecule has 1 aromatic rings. The number of ether oxygens (including phenoxy) is 3. The van der Waals surface area contributed by atoms with Crippen LogP contribution in [0.15, 0.2) is 34.9 Å². The molecule has 0 spiro atoms. The Hall–Kier alpha value is -1.74. The number of alkyl carbamates (subject to hydrolysis) is 1. The molecule has 1 aliphatic rings. The summed E-state index contributed by atoms with van der Waals surface area (Å²) in [5, 5.41) is 4.39. The number of rotatable bonds is 9. The van der Waals surface area contributed by atoms with Crippen molar-refractivity contribution in [3.05, 3.63) is 45.5 Å². The molecule has 1 N–H and O–H groups in total. The maximum Gasteiger partial charge on any atom is 0.407 e. The fraction of sp³-hybridized carbons (Fsp3) is 0.583. The number of amides is 1. The fourth-order valence-corrected chi connectivity index (χ4v) is 4.80. The molecule has 0 saturated carbocycles. The standard InChI is InChI=1S/C24H35ClN2O5S/c1-24(2,3)32-23(29)26-17-11-9-13-27(15-17)21(33-6)18(20(28)22(30-4)31-5)14-16-10-7-8-12-19(16)25/h7-8,10,12,17,22H,9,11,13-15H2,1-6H3,(H,26,29)/b21-18-/t17-/m1/s1. The number of methoxy groups -OCH3 is 2. The molecule has 1 aromatic carbocycles. The molecular weight excluding hydrogens is 464 g/mol. The molecule has 2 rings (SSSR count). The van der Waals surface area contributed by atoms with E-state index < -0.39 is 18.0 Å². The van der Waals surface area contributed by atoms with E-state index in [0.717, 1.165) is 30.0 Å². The van der Waals surface area contributed by atoms with Gasteiger partial charge in [-0.1, -0.05) is 29.8 Å². The molecule has 0 unspecified atom stereocenters. The topological polar surface area (TPSA) is 77.1 Å². The van der Waals surface area contributed by atoms with Crippen LogP contribution in [0.25, 0.3) is 0 Å². The number of Topliss-reactive ketones (excluding diaryl/α,β-unsaturated/α-hetero) is 1. The Morgan fingerprint density at radius 3 is 2.48 bits per heavy atom. The maximum atomic E-state index is 13.4. The lowest BCUT2D eigenvalue weighted by molar-refractivity contribution is -0.152. The monoisotopic (exact) mass is 498 g/mol. The van der Waals surface area contributed by atoms with Gasteiger partial charge in [-0.25, -0.2) is 4.79 Å². The molecule has 9 heteroatoms. The number of ketones is 1. The predicted octanol–water partition coefficient (Wildman–Crippen LogP) is 4.63. The van der Waals surface area contributed by atoms with Crippen molar-refractivity contribution in [2.45, 2.75) is 58.0 Å². The van der Waals surface area contributed by atoms with Crippen molar-refractivity contribution in [3.8, 4) is 0 Å². The summed E-state index contributed by atoms with van der Waals surface area (Å²) in [6, 6.07) is 7.38. The minimum Gasteiger partial charge on any atom is -0.444 e. The van der Waals surface area contributed by atoms with Crippen LogP contribution in [0.1, 0.15) is 39.2 Å². The van der Waals surface area contributed by atoms with Gasteiger partial charge >= 0.3 is 6.09 Å². The molecule has 1 atom stereocenters. The van der Waals surface area contributed by atoms with Crippen LogP contribution in [0.2, 0.25) is 5.02 Å². The Kier molecular flexibility index (Phi) is 10.5. The van der Waals surface area contributed by atoms with E-state index in [9.17, 15) is 9.59 Å². The van der Waals surface area contributed by atoms with Gasteiger partial charge in [0.1, 0.15) is 5.60 Å². The van der Waals surface area contributed by atoms with Crippen LogP contribution in [0.3, 0.4) is 0 Å². The van der Waals surface area contributed by atoms with Crippen molar-refractivity contribution in [2.75, 3.05) is 33.6 Å². The second-order valence-electron chi connectivity index (χ2n) is 8.85. The number of hydrogen-bond acceptors (Lipinski definition) is 7. The zero-order chi connectivity index (χ0) is 24.6. The first-order valence-electron chi connectivity index (χ1n) is 10.9. The SMILES string of the molecule is COC(OC)C(=O)/C(Cc1ccccc1Cl)=C(\SC)N1CCC[C@@H](NC(=O)OC(C)(C)C)C1. The van der Waals surface area contributed by atoms with E-state index in [2.05, 4.69) is 10.2 Å². The predicted molar refractivity (Wildman–Crippen MR) is 132 cm³/mol. The third kappa shape index (κ3) is 8.21. The van der Waals surface area contributed by atoms with Crippen LogP contribution < -0.4 is 5.32 Å². The average molecular weight is 499 g/mol. The van der Waals surface area contributed by atoms with Gasteiger partial charge in [-0.2, -0.15) is 0 Å². The van der Waals surface area contributed by atoms with Crippen LogP contribution >= 0.6 is 23.4 Å². The van der Waals surface area contributed by atoms with Gasteiger partial charge in [-0.05, 0) is 51.5 Å². The van der Waals surface area contributed by atoms with Crippen molar-refractivity contribution in [3.63, 3.8) is 0 Å². The number of benzene rings is 1. The van der Waals surface area contributed by atoms with Crippen LogP contribution in [-0.2, 0) is 25.4 Å². The van der Waals surface area contributed by atoms with E-state index in [-0.39, 0.29) is 11.8 Å². The molecule has 0 bridgehead atoms. The van der Waals surface area contributed by atoms with E-state index in [0.29, 0.717) is 23.6 Å². The highest BCUT2D eigenvalue weighted by molar-refractivity contribution is 8.02. The summed E-state index contributed by atoms with van der Waals surface area (Å²) in [5.74, 6) is -0.244. The van der Waals surface area contributed by atoms with Crippen LogP contribution in [0, 0.1) is 0 Å². The van der Waals surface area contributed by atoms with Gasteiger partial charge in [0.25, 0.3) is 0 Å². The van der Waals surface area contributed by atoms with Gasteiger partial charge in [0.05, 0.1) is 5.03 Å². The number of carbonyl (C=O) groups excluding carboxylic acids is 2. The number of likely N-dealkylation sites (tertiary alicyclic amines) is 1. The van der Waals surface area contributed by atoms with Crippen LogP contribution in [0.5, 0.6) is 0 Å². The summed E-state index contributed by atoms with van der Waals surface area (Å²) < 4.78 is 16.0. The Morgan fingerprint density at radius 1 is 1.24 bits per heavy atom. The fourth-order valence-electron chi connectivity index (χ4n) is 3.75. The zero-order valence-electron chi connectivity index (χ0n) is 20.3. The van der Waals surface area contributed by atoms with Gasteiger partial charge < -0.3 is 24.4 Å². The maximum absolute atomic E-state index is 13.4. The Balaban J connectivity index is 2.34. The number of piperidine rings is 1. The largest absolute Gasteiger partial charge is 0.444 e. The average Bonchev–Trinajstić information content (AvgIpc) is 2.74. The van der Waals surface area contributed by atoms with Crippen molar-refractivity contribution >= 4 is 35.2 Å². The number of carbonyl (C=O) groups is 2. The first-order chi connectivity index (χ1) is 15.6. The van der Waals surface area contributed by atoms with Crippen LogP contribution in [0.4, 0.5) is 4.79 Å². The first-order valence-corrected chi connectivity index (χ1v) is 12.5. The molecule has 0 aliphatic carbocycles. The second kappa shape index (κ2) is 12.6. The first kappa shape index (κ1) is 27.5. The number of nitrogens with zero attached hydrogens (tertiary/aromatic N) is 1. The molecular formula is C24H35ClN2O5S. The molecule has 33 heavy (non-hydrogen) atoms. The summed E-state index contributed by atoms with van der Waals surface area (Å²) in [6.45, 7) is 6.85. The Labute approximate surface area is 206 Å². The van der Waals surface area contributed by atoms with Crippen molar-refractivity contribution < 1.29 is 23.8 Å². The molecule has 7 nitrogen and oxygen atoms in total. The van der Waals surface area contributed by atoms with E-state index in [1.54, 1.807) is 0 Å². The molecule has 1 fully saturated rings. The normalized spacial score (nSPS) is 17.6. The van der Waals surface area contributed by atoms with Crippen molar-refractivity contribution in [2.24, 2.45) is 0 Å². The highest BCUT2D eigenvalue weighted by Gasteiger charge is 2.30. The quantitative estimate of drug-likeness (QED) is 0.392. The summed E-state index contributed by atoms with van der Waals surface area (Å²) in [5.41, 5.74) is 0.856. The van der Waals surface area contributed by atoms with Gasteiger partial charge in [0.2, 0.25) is 12.1 Å². The minimum absolute atomic E-state index is 0.0898. The molecule has 1 aliphatic heterocycles. The number of nitrogens with one attached hydrogen (secondary N) is 1. The smallest absolute Gasteiger partial charge is 0.407 e. The van der Waals surface area contributed by atoms with Crippen LogP contribution in [-0.4, -0.2) is 68.3 Å². The zero-order valence-corrected chi connectivity index (χ0v) is 21.8. The molecule has 1 heterocycles. The number of thioether (sulfide) groups is 1. The summed E-state index contributed by atoms with van der Waals surface area (Å²) >= 11 is 7.90. The molecule has 0 aromatic heterocycles. The summed E-state index contributed by atoms with van der Waals surface area (Å²) in [7, 11) is 2.89. The third-order valence-electron chi connectivity index (χ3n) is 5.15. The van der Waals surface area contributed by atoms with Crippen molar-refractivity contribution in [1.29, 1.82) is 0 Å². The number of hydrogen-bond donors (Lipinski definition) is 1. The van der Waals surface area contributed by atoms with E-state index in [1.165, 1.54) is 26.0 Å². The minimum atomic E-state index is -1.01. The van der Waals surface area contributed by atoms with E-state index in [1.807, 2.05) is 51.3 Å². The van der Waals surface area contributed by atoms with E-state index >= 15 is 0 Å². The number of halogens is 1. The Morgan fingerprint density at radius 2 is 1.91 bits per heavy atom.